The number of benzene rings is 3. The van der Waals surface area contributed by atoms with Crippen LogP contribution in [0.5, 0.6) is 0 Å². The molecule has 1 saturated heterocycles. The molecule has 1 amide bonds. The van der Waals surface area contributed by atoms with Gasteiger partial charge in [-0.05, 0) is 41.5 Å². The number of rotatable bonds is 4. The third-order valence-corrected chi connectivity index (χ3v) is 8.78. The van der Waals surface area contributed by atoms with E-state index >= 15 is 0 Å². The van der Waals surface area contributed by atoms with Gasteiger partial charge in [-0.25, -0.2) is 21.6 Å². The second-order valence-electron chi connectivity index (χ2n) is 8.55. The Balaban J connectivity index is 1.80. The van der Waals surface area contributed by atoms with E-state index in [1.54, 1.807) is 0 Å². The number of carbonyl (C=O) groups is 2. The van der Waals surface area contributed by atoms with E-state index in [4.69, 9.17) is 0 Å². The molecule has 5 rings (SSSR count). The van der Waals surface area contributed by atoms with Crippen molar-refractivity contribution in [2.75, 3.05) is 10.7 Å². The molecule has 2 aliphatic heterocycles. The Hall–Kier alpha value is -4.06. The molecule has 1 unspecified atom stereocenters. The van der Waals surface area contributed by atoms with Crippen LogP contribution in [-0.4, -0.2) is 30.8 Å². The highest BCUT2D eigenvalue weighted by atomic mass is 32.2. The molecular weight excluding hydrogens is 501 g/mol. The molecule has 0 saturated carbocycles. The number of ketones is 1. The van der Waals surface area contributed by atoms with Crippen LogP contribution in [-0.2, 0) is 30.7 Å². The van der Waals surface area contributed by atoms with E-state index in [9.17, 15) is 41.3 Å². The maximum Gasteiger partial charge on any atom is 0.269 e. The van der Waals surface area contributed by atoms with Crippen molar-refractivity contribution in [3.05, 3.63) is 105 Å². The summed E-state index contributed by atoms with van der Waals surface area (Å²) in [6.07, 6.45) is 0. The van der Waals surface area contributed by atoms with Crippen molar-refractivity contribution in [1.82, 2.24) is 0 Å². The minimum absolute atomic E-state index is 0.0271. The van der Waals surface area contributed by atoms with E-state index in [1.807, 2.05) is 0 Å². The Bertz CT molecular complexity index is 1590. The molecule has 2 heterocycles. The summed E-state index contributed by atoms with van der Waals surface area (Å²) in [5.41, 5.74) is -0.860. The average molecular weight is 516 g/mol. The zero-order valence-corrected chi connectivity index (χ0v) is 19.0. The monoisotopic (exact) mass is 516 g/mol. The van der Waals surface area contributed by atoms with E-state index in [2.05, 4.69) is 0 Å². The lowest BCUT2D eigenvalue weighted by atomic mass is 9.79. The first-order valence-electron chi connectivity index (χ1n) is 10.5. The van der Waals surface area contributed by atoms with Gasteiger partial charge in [-0.3, -0.25) is 19.7 Å². The standard InChI is InChI=1S/C24H15F3N2O6S/c25-15-3-1-2-13(8-15)11-28-20-7-5-16(29(32)33)10-17(20)24(23(28)31)22(21(30)12-36(24,34)35)14-4-6-18(26)19(27)9-14/h1-10,22H,11-12H2/t22?,24-/m0/s1. The van der Waals surface area contributed by atoms with Crippen molar-refractivity contribution in [3.63, 3.8) is 0 Å². The molecule has 36 heavy (non-hydrogen) atoms. The zero-order chi connectivity index (χ0) is 26.0. The van der Waals surface area contributed by atoms with Crippen molar-refractivity contribution in [1.29, 1.82) is 0 Å². The molecule has 0 aliphatic carbocycles. The summed E-state index contributed by atoms with van der Waals surface area (Å²) in [4.78, 5) is 38.8. The van der Waals surface area contributed by atoms with E-state index in [1.165, 1.54) is 24.3 Å². The number of hydrogen-bond acceptors (Lipinski definition) is 6. The van der Waals surface area contributed by atoms with Crippen LogP contribution >= 0.6 is 0 Å². The SMILES string of the molecule is O=C1CS(=O)(=O)[C@]2(C(=O)N(Cc3cccc(F)c3)c3ccc([N+](=O)[O-])cc32)C1c1ccc(F)c(F)c1. The summed E-state index contributed by atoms with van der Waals surface area (Å²) in [6, 6.07) is 10.7. The van der Waals surface area contributed by atoms with Crippen molar-refractivity contribution in [3.8, 4) is 0 Å². The predicted octanol–water partition coefficient (Wildman–Crippen LogP) is 3.54. The molecule has 0 radical (unpaired) electrons. The Labute approximate surface area is 202 Å². The highest BCUT2D eigenvalue weighted by molar-refractivity contribution is 7.94. The molecule has 1 spiro atoms. The third kappa shape index (κ3) is 3.24. The maximum atomic E-state index is 14.1. The number of non-ortho nitro benzene ring substituents is 1. The Morgan fingerprint density at radius 1 is 1.00 bits per heavy atom. The lowest BCUT2D eigenvalue weighted by Gasteiger charge is -2.28. The van der Waals surface area contributed by atoms with Gasteiger partial charge in [0.15, 0.2) is 32.0 Å². The van der Waals surface area contributed by atoms with Crippen LogP contribution in [0, 0.1) is 27.6 Å². The molecule has 3 aromatic carbocycles. The number of amides is 1. The molecule has 8 nitrogen and oxygen atoms in total. The number of halogens is 3. The van der Waals surface area contributed by atoms with Crippen molar-refractivity contribution < 1.29 is 36.1 Å². The van der Waals surface area contributed by atoms with Crippen LogP contribution in [0.1, 0.15) is 22.6 Å². The van der Waals surface area contributed by atoms with Gasteiger partial charge in [-0.15, -0.1) is 0 Å². The number of fused-ring (bicyclic) bond motifs is 2. The second kappa shape index (κ2) is 7.98. The van der Waals surface area contributed by atoms with Gasteiger partial charge in [0, 0.05) is 23.4 Å². The molecule has 12 heteroatoms. The number of nitro benzene ring substituents is 1. The van der Waals surface area contributed by atoms with E-state index in [0.29, 0.717) is 12.1 Å². The number of nitrogens with zero attached hydrogens (tertiary/aromatic N) is 2. The molecule has 2 aliphatic rings. The van der Waals surface area contributed by atoms with Crippen LogP contribution in [0.3, 0.4) is 0 Å². The first kappa shape index (κ1) is 23.7. The maximum absolute atomic E-state index is 14.1. The fourth-order valence-electron chi connectivity index (χ4n) is 5.05. The highest BCUT2D eigenvalue weighted by Gasteiger charge is 2.70. The molecule has 0 aromatic heterocycles. The Morgan fingerprint density at radius 3 is 2.42 bits per heavy atom. The van der Waals surface area contributed by atoms with Crippen molar-refractivity contribution >= 4 is 32.9 Å². The number of carbonyl (C=O) groups excluding carboxylic acids is 2. The predicted molar refractivity (Wildman–Crippen MR) is 120 cm³/mol. The topological polar surface area (TPSA) is 115 Å². The average Bonchev–Trinajstić information content (AvgIpc) is 3.18. The lowest BCUT2D eigenvalue weighted by molar-refractivity contribution is -0.384. The summed E-state index contributed by atoms with van der Waals surface area (Å²) in [5.74, 6) is -8.13. The molecule has 0 bridgehead atoms. The molecule has 0 N–H and O–H groups in total. The number of sulfone groups is 1. The normalized spacial score (nSPS) is 22.3. The Kier molecular flexibility index (Phi) is 5.25. The van der Waals surface area contributed by atoms with Gasteiger partial charge in [0.25, 0.3) is 11.6 Å². The van der Waals surface area contributed by atoms with E-state index < -0.39 is 66.0 Å². The van der Waals surface area contributed by atoms with Gasteiger partial charge in [0.2, 0.25) is 0 Å². The Morgan fingerprint density at radius 2 is 1.75 bits per heavy atom. The third-order valence-electron chi connectivity index (χ3n) is 6.50. The largest absolute Gasteiger partial charge is 0.306 e. The van der Waals surface area contributed by atoms with Crippen LogP contribution in [0.15, 0.2) is 60.7 Å². The summed E-state index contributed by atoms with van der Waals surface area (Å²) in [6.45, 7) is -0.308. The molecule has 184 valence electrons. The van der Waals surface area contributed by atoms with Crippen LogP contribution < -0.4 is 4.90 Å². The van der Waals surface area contributed by atoms with Crippen LogP contribution in [0.25, 0.3) is 0 Å². The minimum atomic E-state index is -4.65. The van der Waals surface area contributed by atoms with E-state index in [0.717, 1.165) is 29.2 Å². The smallest absolute Gasteiger partial charge is 0.269 e. The zero-order valence-electron chi connectivity index (χ0n) is 18.2. The fourth-order valence-corrected chi connectivity index (χ4v) is 7.32. The highest BCUT2D eigenvalue weighted by Crippen LogP contribution is 2.58. The summed E-state index contributed by atoms with van der Waals surface area (Å²) >= 11 is 0. The van der Waals surface area contributed by atoms with Crippen LogP contribution in [0.4, 0.5) is 24.5 Å². The first-order chi connectivity index (χ1) is 17.0. The molecule has 2 atom stereocenters. The number of nitro groups is 1. The second-order valence-corrected chi connectivity index (χ2v) is 10.7. The van der Waals surface area contributed by atoms with Crippen LogP contribution in [0.2, 0.25) is 0 Å². The van der Waals surface area contributed by atoms with Crippen molar-refractivity contribution in [2.24, 2.45) is 0 Å². The molecule has 3 aromatic rings. The summed E-state index contributed by atoms with van der Waals surface area (Å²) in [5, 5.41) is 11.5. The first-order valence-corrected chi connectivity index (χ1v) is 12.2. The number of Topliss-reactive ketones (excluding diaryl/α,β-unsaturated/α-hetero) is 1. The summed E-state index contributed by atoms with van der Waals surface area (Å²) < 4.78 is 66.1. The summed E-state index contributed by atoms with van der Waals surface area (Å²) in [7, 11) is -4.65. The van der Waals surface area contributed by atoms with Gasteiger partial charge in [-0.1, -0.05) is 18.2 Å². The minimum Gasteiger partial charge on any atom is -0.306 e. The molecule has 1 fully saturated rings. The number of hydrogen-bond donors (Lipinski definition) is 0. The quantitative estimate of drug-likeness (QED) is 0.387. The van der Waals surface area contributed by atoms with E-state index in [-0.39, 0.29) is 28.9 Å². The fraction of sp³-hybridized carbons (Fsp3) is 0.167. The van der Waals surface area contributed by atoms with Gasteiger partial charge >= 0.3 is 0 Å². The van der Waals surface area contributed by atoms with Crippen molar-refractivity contribution in [2.45, 2.75) is 17.2 Å². The van der Waals surface area contributed by atoms with Gasteiger partial charge in [0.05, 0.1) is 17.4 Å². The lowest BCUT2D eigenvalue weighted by Crippen LogP contribution is -2.47. The van der Waals surface area contributed by atoms with Gasteiger partial charge < -0.3 is 4.90 Å². The number of anilines is 1. The molecular formula is C24H15F3N2O6S. The van der Waals surface area contributed by atoms with Gasteiger partial charge in [0.1, 0.15) is 11.6 Å². The van der Waals surface area contributed by atoms with Gasteiger partial charge in [-0.2, -0.15) is 0 Å².